The molecule has 1 unspecified atom stereocenters. The Balaban J connectivity index is 1.49. The number of carbonyl (C=O) groups excluding carboxylic acids is 3. The number of hydrogen-bond acceptors (Lipinski definition) is 6. The van der Waals surface area contributed by atoms with Gasteiger partial charge in [-0.25, -0.2) is 9.59 Å². The van der Waals surface area contributed by atoms with Gasteiger partial charge in [0, 0.05) is 10.7 Å². The molecule has 3 amide bonds. The molecule has 0 aromatic heterocycles. The first-order valence-corrected chi connectivity index (χ1v) is 12.6. The van der Waals surface area contributed by atoms with Crippen molar-refractivity contribution in [3.05, 3.63) is 105 Å². The number of amides is 3. The first kappa shape index (κ1) is 25.8. The van der Waals surface area contributed by atoms with E-state index in [4.69, 9.17) is 21.1 Å². The van der Waals surface area contributed by atoms with Gasteiger partial charge < -0.3 is 25.4 Å². The first-order chi connectivity index (χ1) is 18.9. The largest absolute Gasteiger partial charge is 0.482 e. The van der Waals surface area contributed by atoms with Gasteiger partial charge in [0.1, 0.15) is 12.4 Å². The average Bonchev–Trinajstić information content (AvgIpc) is 2.94. The zero-order chi connectivity index (χ0) is 27.4. The summed E-state index contributed by atoms with van der Waals surface area (Å²) in [6, 6.07) is 19.9. The second-order valence-electron chi connectivity index (χ2n) is 9.00. The lowest BCUT2D eigenvalue weighted by atomic mass is 9.92. The molecule has 39 heavy (non-hydrogen) atoms. The van der Waals surface area contributed by atoms with E-state index in [2.05, 4.69) is 22.0 Å². The smallest absolute Gasteiger partial charge is 0.338 e. The van der Waals surface area contributed by atoms with E-state index in [9.17, 15) is 19.6 Å². The van der Waals surface area contributed by atoms with Crippen LogP contribution in [0.1, 0.15) is 34.7 Å². The van der Waals surface area contributed by atoms with E-state index in [1.807, 2.05) is 18.2 Å². The van der Waals surface area contributed by atoms with Gasteiger partial charge in [-0.2, -0.15) is 5.26 Å². The van der Waals surface area contributed by atoms with Gasteiger partial charge in [-0.05, 0) is 59.9 Å². The summed E-state index contributed by atoms with van der Waals surface area (Å²) in [7, 11) is 0. The molecule has 0 spiro atoms. The van der Waals surface area contributed by atoms with E-state index < -0.39 is 18.0 Å². The molecule has 9 nitrogen and oxygen atoms in total. The van der Waals surface area contributed by atoms with Crippen molar-refractivity contribution in [2.24, 2.45) is 0 Å². The highest BCUT2D eigenvalue weighted by atomic mass is 35.5. The van der Waals surface area contributed by atoms with Crippen LogP contribution in [-0.2, 0) is 27.4 Å². The number of halogens is 1. The van der Waals surface area contributed by atoms with Crippen LogP contribution in [0.15, 0.2) is 78.0 Å². The molecule has 0 fully saturated rings. The third kappa shape index (κ3) is 5.87. The molecular formula is C29H23ClN4O5. The molecular weight excluding hydrogens is 520 g/mol. The maximum Gasteiger partial charge on any atom is 0.338 e. The molecule has 0 bridgehead atoms. The SMILES string of the molecule is N#Cc1cccc(COC(=O)C2=C(CCc3ccccc3Cl)NC(=O)NC2c2ccc3c(c2)NC(=O)CO3)c1. The molecule has 0 saturated heterocycles. The minimum absolute atomic E-state index is 0.0651. The van der Waals surface area contributed by atoms with Gasteiger partial charge in [-0.1, -0.05) is 48.0 Å². The zero-order valence-electron chi connectivity index (χ0n) is 20.6. The first-order valence-electron chi connectivity index (χ1n) is 12.2. The van der Waals surface area contributed by atoms with E-state index in [0.717, 1.165) is 5.56 Å². The number of esters is 1. The summed E-state index contributed by atoms with van der Waals surface area (Å²) >= 11 is 6.34. The number of urea groups is 1. The summed E-state index contributed by atoms with van der Waals surface area (Å²) in [6.07, 6.45) is 0.782. The van der Waals surface area contributed by atoms with Crippen LogP contribution in [0.25, 0.3) is 0 Å². The number of fused-ring (bicyclic) bond motifs is 1. The molecule has 0 radical (unpaired) electrons. The van der Waals surface area contributed by atoms with Crippen molar-refractivity contribution in [3.63, 3.8) is 0 Å². The van der Waals surface area contributed by atoms with E-state index in [1.165, 1.54) is 0 Å². The number of allylic oxidation sites excluding steroid dienone is 1. The van der Waals surface area contributed by atoms with Crippen molar-refractivity contribution in [2.45, 2.75) is 25.5 Å². The second kappa shape index (κ2) is 11.3. The highest BCUT2D eigenvalue weighted by molar-refractivity contribution is 6.31. The van der Waals surface area contributed by atoms with E-state index >= 15 is 0 Å². The van der Waals surface area contributed by atoms with Crippen LogP contribution in [0.2, 0.25) is 5.02 Å². The fourth-order valence-electron chi connectivity index (χ4n) is 4.50. The van der Waals surface area contributed by atoms with Crippen molar-refractivity contribution in [3.8, 4) is 11.8 Å². The number of anilines is 1. The van der Waals surface area contributed by atoms with Crippen LogP contribution in [0.5, 0.6) is 5.75 Å². The molecule has 2 aliphatic heterocycles. The minimum atomic E-state index is -0.859. The third-order valence-corrected chi connectivity index (χ3v) is 6.74. The summed E-state index contributed by atoms with van der Waals surface area (Å²) in [5, 5.41) is 18.1. The molecule has 10 heteroatoms. The van der Waals surface area contributed by atoms with Crippen LogP contribution in [0.3, 0.4) is 0 Å². The molecule has 3 N–H and O–H groups in total. The number of aryl methyl sites for hydroxylation is 1. The topological polar surface area (TPSA) is 130 Å². The quantitative estimate of drug-likeness (QED) is 0.376. The Bertz CT molecular complexity index is 1540. The van der Waals surface area contributed by atoms with Crippen LogP contribution < -0.4 is 20.7 Å². The lowest BCUT2D eigenvalue weighted by molar-refractivity contribution is -0.140. The van der Waals surface area contributed by atoms with E-state index in [0.29, 0.717) is 51.7 Å². The Morgan fingerprint density at radius 1 is 1.05 bits per heavy atom. The highest BCUT2D eigenvalue weighted by Gasteiger charge is 2.34. The zero-order valence-corrected chi connectivity index (χ0v) is 21.4. The summed E-state index contributed by atoms with van der Waals surface area (Å²) in [5.74, 6) is -0.450. The number of nitrogens with one attached hydrogen (secondary N) is 3. The molecule has 5 rings (SSSR count). The van der Waals surface area contributed by atoms with Gasteiger partial charge >= 0.3 is 12.0 Å². The number of nitrogens with zero attached hydrogens (tertiary/aromatic N) is 1. The maximum atomic E-state index is 13.6. The predicted molar refractivity (Wildman–Crippen MR) is 143 cm³/mol. The van der Waals surface area contributed by atoms with Crippen LogP contribution in [0.4, 0.5) is 10.5 Å². The van der Waals surface area contributed by atoms with Gasteiger partial charge in [0.05, 0.1) is 28.9 Å². The van der Waals surface area contributed by atoms with E-state index in [1.54, 1.807) is 48.5 Å². The Morgan fingerprint density at radius 3 is 2.72 bits per heavy atom. The third-order valence-electron chi connectivity index (χ3n) is 6.37. The monoisotopic (exact) mass is 542 g/mol. The summed E-state index contributed by atoms with van der Waals surface area (Å²) < 4.78 is 11.1. The van der Waals surface area contributed by atoms with E-state index in [-0.39, 0.29) is 24.7 Å². The Kier molecular flexibility index (Phi) is 7.48. The lowest BCUT2D eigenvalue weighted by Crippen LogP contribution is -2.46. The van der Waals surface area contributed by atoms with Crippen LogP contribution >= 0.6 is 11.6 Å². The molecule has 0 saturated carbocycles. The van der Waals surface area contributed by atoms with Gasteiger partial charge in [0.15, 0.2) is 6.61 Å². The summed E-state index contributed by atoms with van der Waals surface area (Å²) in [4.78, 5) is 38.2. The van der Waals surface area contributed by atoms with Crippen LogP contribution in [0, 0.1) is 11.3 Å². The van der Waals surface area contributed by atoms with Gasteiger partial charge in [0.2, 0.25) is 0 Å². The molecule has 2 aliphatic rings. The average molecular weight is 543 g/mol. The summed E-state index contributed by atoms with van der Waals surface area (Å²) in [6.45, 7) is -0.155. The highest BCUT2D eigenvalue weighted by Crippen LogP contribution is 2.35. The lowest BCUT2D eigenvalue weighted by Gasteiger charge is -2.30. The number of carbonyl (C=O) groups is 3. The van der Waals surface area contributed by atoms with Crippen molar-refractivity contribution >= 4 is 35.2 Å². The fraction of sp³-hybridized carbons (Fsp3) is 0.172. The molecule has 3 aromatic rings. The standard InChI is InChI=1S/C29H23ClN4O5/c30-21-7-2-1-6-19(21)8-10-22-26(28(36)39-15-18-5-3-4-17(12-18)14-31)27(34-29(37)33-22)20-9-11-24-23(13-20)32-25(35)16-38-24/h1-7,9,11-13,27H,8,10,15-16H2,(H,32,35)(H2,33,34,37). The molecule has 196 valence electrons. The number of benzene rings is 3. The normalized spacial score (nSPS) is 16.2. The van der Waals surface area contributed by atoms with Crippen molar-refractivity contribution in [1.82, 2.24) is 10.6 Å². The molecule has 0 aliphatic carbocycles. The number of rotatable bonds is 7. The van der Waals surface area contributed by atoms with Gasteiger partial charge in [-0.3, -0.25) is 4.79 Å². The summed E-state index contributed by atoms with van der Waals surface area (Å²) in [5.41, 5.74) is 3.59. The van der Waals surface area contributed by atoms with Gasteiger partial charge in [0.25, 0.3) is 5.91 Å². The van der Waals surface area contributed by atoms with Crippen LogP contribution in [-0.4, -0.2) is 24.5 Å². The molecule has 2 heterocycles. The number of ether oxygens (including phenoxy) is 2. The van der Waals surface area contributed by atoms with Crippen molar-refractivity contribution in [2.75, 3.05) is 11.9 Å². The van der Waals surface area contributed by atoms with Gasteiger partial charge in [-0.15, -0.1) is 0 Å². The Labute approximate surface area is 229 Å². The number of nitriles is 1. The Morgan fingerprint density at radius 2 is 1.90 bits per heavy atom. The fourth-order valence-corrected chi connectivity index (χ4v) is 4.73. The second-order valence-corrected chi connectivity index (χ2v) is 9.40. The minimum Gasteiger partial charge on any atom is -0.482 e. The maximum absolute atomic E-state index is 13.6. The molecule has 3 aromatic carbocycles. The Hall–Kier alpha value is -4.81. The predicted octanol–water partition coefficient (Wildman–Crippen LogP) is 4.53. The van der Waals surface area contributed by atoms with Crippen molar-refractivity contribution in [1.29, 1.82) is 5.26 Å². The number of hydrogen-bond donors (Lipinski definition) is 3. The van der Waals surface area contributed by atoms with Crippen molar-refractivity contribution < 1.29 is 23.9 Å². The molecule has 1 atom stereocenters.